The number of aromatic nitrogens is 1. The summed E-state index contributed by atoms with van der Waals surface area (Å²) in [6, 6.07) is 3.92. The van der Waals surface area contributed by atoms with E-state index in [-0.39, 0.29) is 11.7 Å². The molecule has 0 fully saturated rings. The van der Waals surface area contributed by atoms with E-state index in [4.69, 9.17) is 0 Å². The van der Waals surface area contributed by atoms with Gasteiger partial charge in [0, 0.05) is 0 Å². The van der Waals surface area contributed by atoms with Crippen molar-refractivity contribution in [1.29, 1.82) is 0 Å². The Hall–Kier alpha value is -1.31. The maximum atomic E-state index is 11.8. The van der Waals surface area contributed by atoms with E-state index in [0.717, 1.165) is 10.2 Å². The van der Waals surface area contributed by atoms with Crippen LogP contribution in [-0.4, -0.2) is 10.4 Å². The average molecular weight is 254 g/mol. The third kappa shape index (κ3) is 2.26. The van der Waals surface area contributed by atoms with Crippen LogP contribution in [0.15, 0.2) is 47.1 Å². The molecule has 1 unspecified atom stereocenters. The number of carbonyl (C=O) groups is 1. The van der Waals surface area contributed by atoms with Crippen molar-refractivity contribution in [3.8, 4) is 0 Å². The molecule has 1 aromatic heterocycles. The maximum absolute atomic E-state index is 11.8. The van der Waals surface area contributed by atoms with Crippen LogP contribution in [0.3, 0.4) is 0 Å². The van der Waals surface area contributed by atoms with Crippen molar-refractivity contribution < 1.29 is 20.8 Å². The van der Waals surface area contributed by atoms with Gasteiger partial charge in [-0.2, -0.15) is 0 Å². The minimum absolute atomic E-state index is 0.0798. The molecule has 2 nitrogen and oxygen atoms in total. The number of carbonyl (C=O) groups excluding carboxylic acids is 1. The van der Waals surface area contributed by atoms with E-state index in [0.29, 0.717) is 0 Å². The van der Waals surface area contributed by atoms with Crippen molar-refractivity contribution in [3.05, 3.63) is 52.8 Å². The van der Waals surface area contributed by atoms with Crippen LogP contribution in [0, 0.1) is 5.92 Å². The Bertz CT molecular complexity index is 494. The zero-order valence-electron chi connectivity index (χ0n) is 8.91. The summed E-state index contributed by atoms with van der Waals surface area (Å²) in [6.45, 7) is 0. The van der Waals surface area contributed by atoms with Gasteiger partial charge in [0.1, 0.15) is 0 Å². The second kappa shape index (κ2) is 4.69. The molecule has 0 bridgehead atoms. The molecule has 0 N–H and O–H groups in total. The fourth-order valence-corrected chi connectivity index (χ4v) is 1.96. The quantitative estimate of drug-likeness (QED) is 0.598. The Labute approximate surface area is 103 Å². The number of hydrogen-bond donors (Lipinski definition) is 0. The summed E-state index contributed by atoms with van der Waals surface area (Å²) >= 11 is 3.84. The van der Waals surface area contributed by atoms with E-state index in [9.17, 15) is 4.79 Å². The SMILES string of the molecule is Cn1cccc1C=CC(=O)C1C=CC=[C]1[Fe]. The molecule has 0 saturated heterocycles. The third-order valence-corrected chi connectivity index (χ3v) is 3.08. The second-order valence-corrected chi connectivity index (χ2v) is 4.32. The van der Waals surface area contributed by atoms with Crippen LogP contribution in [0.4, 0.5) is 0 Å². The summed E-state index contributed by atoms with van der Waals surface area (Å²) in [7, 11) is 1.95. The summed E-state index contributed by atoms with van der Waals surface area (Å²) in [6.07, 6.45) is 11.0. The van der Waals surface area contributed by atoms with Gasteiger partial charge in [-0.25, -0.2) is 0 Å². The molecule has 83 valence electrons. The molecule has 1 aliphatic carbocycles. The molecule has 0 amide bonds. The van der Waals surface area contributed by atoms with Crippen LogP contribution in [0.1, 0.15) is 5.69 Å². The minimum atomic E-state index is -0.170. The van der Waals surface area contributed by atoms with Crippen molar-refractivity contribution in [2.45, 2.75) is 0 Å². The molecule has 1 atom stereocenters. The molecule has 0 radical (unpaired) electrons. The molecule has 0 spiro atoms. The average Bonchev–Trinajstić information content (AvgIpc) is 2.84. The molecule has 3 heteroatoms. The first-order valence-electron chi connectivity index (χ1n) is 5.04. The first-order chi connectivity index (χ1) is 7.68. The van der Waals surface area contributed by atoms with Crippen molar-refractivity contribution in [3.63, 3.8) is 0 Å². The Morgan fingerprint density at radius 3 is 2.94 bits per heavy atom. The van der Waals surface area contributed by atoms with E-state index in [2.05, 4.69) is 16.0 Å². The van der Waals surface area contributed by atoms with E-state index >= 15 is 0 Å². The van der Waals surface area contributed by atoms with E-state index in [1.54, 1.807) is 6.08 Å². The zero-order valence-corrected chi connectivity index (χ0v) is 10.0. The molecule has 0 aliphatic heterocycles. The van der Waals surface area contributed by atoms with Gasteiger partial charge in [0.15, 0.2) is 0 Å². The molecule has 2 rings (SSSR count). The second-order valence-electron chi connectivity index (χ2n) is 3.68. The van der Waals surface area contributed by atoms with Crippen LogP contribution in [0.2, 0.25) is 0 Å². The Balaban J connectivity index is 2.08. The van der Waals surface area contributed by atoms with Crippen LogP contribution in [0.25, 0.3) is 6.08 Å². The summed E-state index contributed by atoms with van der Waals surface area (Å²) in [4.78, 5) is 11.8. The van der Waals surface area contributed by atoms with Gasteiger partial charge in [0.25, 0.3) is 0 Å². The van der Waals surface area contributed by atoms with E-state index < -0.39 is 0 Å². The summed E-state index contributed by atoms with van der Waals surface area (Å²) in [5.74, 6) is -0.0901. The molecular weight excluding hydrogens is 242 g/mol. The first kappa shape index (κ1) is 11.2. The summed E-state index contributed by atoms with van der Waals surface area (Å²) in [5.41, 5.74) is 1.02. The van der Waals surface area contributed by atoms with Crippen LogP contribution in [-0.2, 0) is 27.9 Å². The molecule has 1 aromatic rings. The van der Waals surface area contributed by atoms with Gasteiger partial charge in [-0.15, -0.1) is 0 Å². The van der Waals surface area contributed by atoms with Crippen molar-refractivity contribution in [2.75, 3.05) is 0 Å². The normalized spacial score (nSPS) is 19.4. The monoisotopic (exact) mass is 254 g/mol. The number of ketones is 1. The predicted octanol–water partition coefficient (Wildman–Crippen LogP) is 2.22. The fourth-order valence-electron chi connectivity index (χ4n) is 1.60. The van der Waals surface area contributed by atoms with Gasteiger partial charge in [0.2, 0.25) is 0 Å². The fraction of sp³-hybridized carbons (Fsp3) is 0.154. The van der Waals surface area contributed by atoms with Gasteiger partial charge in [-0.3, -0.25) is 0 Å². The number of nitrogens with zero attached hydrogens (tertiary/aromatic N) is 1. The summed E-state index contributed by atoms with van der Waals surface area (Å²) in [5, 5.41) is 0. The van der Waals surface area contributed by atoms with Crippen molar-refractivity contribution in [1.82, 2.24) is 4.57 Å². The van der Waals surface area contributed by atoms with Gasteiger partial charge in [-0.1, -0.05) is 0 Å². The van der Waals surface area contributed by atoms with Crippen LogP contribution in [0.5, 0.6) is 0 Å². The van der Waals surface area contributed by atoms with Gasteiger partial charge >= 0.3 is 103 Å². The molecule has 1 heterocycles. The van der Waals surface area contributed by atoms with Crippen LogP contribution >= 0.6 is 0 Å². The molecule has 1 aliphatic rings. The van der Waals surface area contributed by atoms with Gasteiger partial charge in [0.05, 0.1) is 0 Å². The first-order valence-corrected chi connectivity index (χ1v) is 5.59. The molecule has 0 aromatic carbocycles. The van der Waals surface area contributed by atoms with Crippen LogP contribution < -0.4 is 0 Å². The summed E-state index contributed by atoms with van der Waals surface area (Å²) < 4.78 is 2.83. The molecular formula is C13H12FeNO. The Kier molecular flexibility index (Phi) is 3.28. The van der Waals surface area contributed by atoms with E-state index in [1.807, 2.05) is 54.2 Å². The van der Waals surface area contributed by atoms with E-state index in [1.165, 1.54) is 0 Å². The van der Waals surface area contributed by atoms with Crippen molar-refractivity contribution in [2.24, 2.45) is 13.0 Å². The van der Waals surface area contributed by atoms with Crippen molar-refractivity contribution >= 4 is 11.9 Å². The van der Waals surface area contributed by atoms with Gasteiger partial charge in [-0.05, 0) is 0 Å². The third-order valence-electron chi connectivity index (χ3n) is 2.55. The molecule has 0 saturated carbocycles. The zero-order chi connectivity index (χ0) is 11.5. The predicted molar refractivity (Wildman–Crippen MR) is 60.2 cm³/mol. The Morgan fingerprint density at radius 1 is 1.56 bits per heavy atom. The standard InChI is InChI=1S/C13H12NO.Fe/c1-14-10-4-7-12(14)8-9-13(15)11-5-2-3-6-11;/h2-5,7-11H,1H3;. The van der Waals surface area contributed by atoms with Gasteiger partial charge < -0.3 is 0 Å². The number of hydrogen-bond acceptors (Lipinski definition) is 1. The molecule has 16 heavy (non-hydrogen) atoms. The Morgan fingerprint density at radius 2 is 2.38 bits per heavy atom. The number of allylic oxidation sites excluding steroid dienone is 5. The topological polar surface area (TPSA) is 22.0 Å². The number of rotatable bonds is 3. The number of aryl methyl sites for hydroxylation is 1.